The molecule has 15 heteroatoms. The van der Waals surface area contributed by atoms with Crippen molar-refractivity contribution in [2.75, 3.05) is 59.0 Å². The highest BCUT2D eigenvalue weighted by Crippen LogP contribution is 2.44. The number of hydrogen-bond acceptors (Lipinski definition) is 12. The van der Waals surface area contributed by atoms with Gasteiger partial charge in [0, 0.05) is 55.4 Å². The van der Waals surface area contributed by atoms with Crippen molar-refractivity contribution < 1.29 is 47.6 Å². The summed E-state index contributed by atoms with van der Waals surface area (Å²) in [5, 5.41) is 9.07. The summed E-state index contributed by atoms with van der Waals surface area (Å²) in [4.78, 5) is 54.6. The topological polar surface area (TPSA) is 172 Å². The highest BCUT2D eigenvalue weighted by atomic mass is 32.2. The van der Waals surface area contributed by atoms with E-state index in [0.717, 1.165) is 48.1 Å². The molecule has 3 aromatic rings. The number of benzene rings is 3. The van der Waals surface area contributed by atoms with Crippen LogP contribution in [0.15, 0.2) is 83.9 Å². The summed E-state index contributed by atoms with van der Waals surface area (Å²) in [7, 11) is 1.38. The number of esters is 1. The van der Waals surface area contributed by atoms with Crippen molar-refractivity contribution in [2.45, 2.75) is 93.7 Å². The Balaban J connectivity index is 0.810. The molecule has 6 rings (SSSR count). The SMILES string of the molecule is CCc1ccccc1[C@@H]1OC(c2ccc(OCCCOC(=O)NCCOCCOCCCC(=O)CCCCC3SCC4NC(=O)NC43)cc2)=N[C@]1(Cc1ccccc1)C(=O)OC. The molecular weight excluding hydrogens is 813 g/mol. The molecule has 0 radical (unpaired) electrons. The Morgan fingerprint density at radius 3 is 2.40 bits per heavy atom. The molecule has 0 aromatic heterocycles. The van der Waals surface area contributed by atoms with Gasteiger partial charge in [-0.25, -0.2) is 19.4 Å². The minimum Gasteiger partial charge on any atom is -0.493 e. The van der Waals surface area contributed by atoms with Crippen molar-refractivity contribution >= 4 is 41.5 Å². The first-order valence-electron chi connectivity index (χ1n) is 21.8. The first-order chi connectivity index (χ1) is 30.3. The number of thioether (sulfide) groups is 1. The van der Waals surface area contributed by atoms with Gasteiger partial charge in [0.05, 0.1) is 52.2 Å². The van der Waals surface area contributed by atoms with Crippen LogP contribution in [0.5, 0.6) is 5.75 Å². The van der Waals surface area contributed by atoms with Crippen LogP contribution in [0, 0.1) is 0 Å². The van der Waals surface area contributed by atoms with Gasteiger partial charge < -0.3 is 44.4 Å². The molecule has 2 saturated heterocycles. The zero-order valence-corrected chi connectivity index (χ0v) is 36.6. The number of ether oxygens (including phenoxy) is 6. The van der Waals surface area contributed by atoms with E-state index in [0.29, 0.717) is 94.1 Å². The minimum absolute atomic E-state index is 0.0655. The lowest BCUT2D eigenvalue weighted by Crippen LogP contribution is -2.44. The second kappa shape index (κ2) is 23.9. The molecule has 334 valence electrons. The third kappa shape index (κ3) is 13.0. The minimum atomic E-state index is -1.33. The number of nitrogens with zero attached hydrogens (tertiary/aromatic N) is 1. The number of fused-ring (bicyclic) bond motifs is 1. The molecular formula is C47H60N4O10S. The number of aryl methyl sites for hydroxylation is 1. The predicted octanol–water partition coefficient (Wildman–Crippen LogP) is 6.53. The monoisotopic (exact) mass is 872 g/mol. The van der Waals surface area contributed by atoms with Crippen LogP contribution in [0.3, 0.4) is 0 Å². The number of unbranched alkanes of at least 4 members (excludes halogenated alkanes) is 1. The molecule has 2 fully saturated rings. The van der Waals surface area contributed by atoms with Crippen molar-refractivity contribution in [1.29, 1.82) is 0 Å². The van der Waals surface area contributed by atoms with E-state index in [1.807, 2.05) is 90.6 Å². The summed E-state index contributed by atoms with van der Waals surface area (Å²) >= 11 is 1.90. The van der Waals surface area contributed by atoms with E-state index in [9.17, 15) is 19.2 Å². The van der Waals surface area contributed by atoms with Crippen LogP contribution >= 0.6 is 11.8 Å². The molecule has 14 nitrogen and oxygen atoms in total. The number of carbonyl (C=O) groups is 4. The lowest BCUT2D eigenvalue weighted by molar-refractivity contribution is -0.150. The maximum absolute atomic E-state index is 13.7. The van der Waals surface area contributed by atoms with E-state index >= 15 is 0 Å². The van der Waals surface area contributed by atoms with Gasteiger partial charge in [-0.15, -0.1) is 0 Å². The van der Waals surface area contributed by atoms with Crippen LogP contribution in [-0.2, 0) is 46.1 Å². The maximum atomic E-state index is 13.7. The van der Waals surface area contributed by atoms with Gasteiger partial charge in [0.1, 0.15) is 11.5 Å². The van der Waals surface area contributed by atoms with E-state index in [1.165, 1.54) is 7.11 Å². The number of alkyl carbamates (subject to hydrolysis) is 1. The zero-order chi connectivity index (χ0) is 43.6. The lowest BCUT2D eigenvalue weighted by atomic mass is 9.81. The lowest BCUT2D eigenvalue weighted by Gasteiger charge is -2.30. The highest BCUT2D eigenvalue weighted by molar-refractivity contribution is 8.00. The molecule has 0 bridgehead atoms. The fourth-order valence-electron chi connectivity index (χ4n) is 7.99. The number of hydrogen-bond donors (Lipinski definition) is 3. The Morgan fingerprint density at radius 1 is 0.855 bits per heavy atom. The first kappa shape index (κ1) is 46.4. The van der Waals surface area contributed by atoms with Crippen molar-refractivity contribution in [3.8, 4) is 5.75 Å². The van der Waals surface area contributed by atoms with Gasteiger partial charge in [-0.05, 0) is 66.6 Å². The van der Waals surface area contributed by atoms with E-state index in [2.05, 4.69) is 22.9 Å². The third-order valence-corrected chi connectivity index (χ3v) is 12.7. The van der Waals surface area contributed by atoms with Crippen molar-refractivity contribution in [2.24, 2.45) is 4.99 Å². The van der Waals surface area contributed by atoms with Crippen molar-refractivity contribution in [3.63, 3.8) is 0 Å². The molecule has 0 aliphatic carbocycles. The quantitative estimate of drug-likeness (QED) is 0.0456. The summed E-state index contributed by atoms with van der Waals surface area (Å²) < 4.78 is 34.2. The Kier molecular flexibility index (Phi) is 17.9. The number of amides is 3. The van der Waals surface area contributed by atoms with Gasteiger partial charge in [-0.1, -0.05) is 67.9 Å². The van der Waals surface area contributed by atoms with E-state index in [1.54, 1.807) is 0 Å². The summed E-state index contributed by atoms with van der Waals surface area (Å²) in [5.74, 6) is 1.72. The van der Waals surface area contributed by atoms with Gasteiger partial charge in [0.2, 0.25) is 11.4 Å². The number of rotatable bonds is 26. The summed E-state index contributed by atoms with van der Waals surface area (Å²) in [6, 6.07) is 25.4. The van der Waals surface area contributed by atoms with Crippen LogP contribution in [0.1, 0.15) is 80.2 Å². The third-order valence-electron chi connectivity index (χ3n) is 11.2. The fraction of sp³-hybridized carbons (Fsp3) is 0.511. The Labute approximate surface area is 368 Å². The maximum Gasteiger partial charge on any atom is 0.407 e. The van der Waals surface area contributed by atoms with Gasteiger partial charge in [-0.2, -0.15) is 11.8 Å². The molecule has 3 N–H and O–H groups in total. The zero-order valence-electron chi connectivity index (χ0n) is 35.8. The van der Waals surface area contributed by atoms with Crippen LogP contribution in [0.2, 0.25) is 0 Å². The summed E-state index contributed by atoms with van der Waals surface area (Å²) in [6.07, 6.45) is 4.99. The smallest absolute Gasteiger partial charge is 0.407 e. The molecule has 62 heavy (non-hydrogen) atoms. The summed E-state index contributed by atoms with van der Waals surface area (Å²) in [6.45, 7) is 4.51. The molecule has 3 unspecified atom stereocenters. The van der Waals surface area contributed by atoms with Crippen LogP contribution < -0.4 is 20.7 Å². The normalized spacial score (nSPS) is 21.3. The second-order valence-corrected chi connectivity index (χ2v) is 16.8. The van der Waals surface area contributed by atoms with Crippen LogP contribution in [-0.4, -0.2) is 112 Å². The number of nitrogens with one attached hydrogen (secondary N) is 3. The van der Waals surface area contributed by atoms with Crippen molar-refractivity contribution in [3.05, 3.63) is 101 Å². The predicted molar refractivity (Wildman–Crippen MR) is 237 cm³/mol. The molecule has 5 atom stereocenters. The highest BCUT2D eigenvalue weighted by Gasteiger charge is 2.55. The van der Waals surface area contributed by atoms with Crippen molar-refractivity contribution in [1.82, 2.24) is 16.0 Å². The van der Waals surface area contributed by atoms with E-state index in [4.69, 9.17) is 33.4 Å². The van der Waals surface area contributed by atoms with Gasteiger partial charge >= 0.3 is 18.1 Å². The number of aliphatic imine (C=N–C) groups is 1. The van der Waals surface area contributed by atoms with Gasteiger partial charge in [0.15, 0.2) is 6.10 Å². The molecule has 3 aromatic carbocycles. The molecule has 3 heterocycles. The number of methoxy groups -OCH3 is 1. The average Bonchev–Trinajstić information content (AvgIpc) is 3.98. The Bertz CT molecular complexity index is 1950. The number of urea groups is 1. The van der Waals surface area contributed by atoms with E-state index < -0.39 is 23.7 Å². The molecule has 3 aliphatic heterocycles. The molecule has 0 spiro atoms. The number of carbonyl (C=O) groups excluding carboxylic acids is 4. The second-order valence-electron chi connectivity index (χ2n) is 15.6. The van der Waals surface area contributed by atoms with Crippen LogP contribution in [0.25, 0.3) is 0 Å². The first-order valence-corrected chi connectivity index (χ1v) is 22.8. The molecule has 0 saturated carbocycles. The number of Topliss-reactive ketones (excluding diaryl/α,β-unsaturated/α-hetero) is 1. The Morgan fingerprint density at radius 2 is 1.61 bits per heavy atom. The summed E-state index contributed by atoms with van der Waals surface area (Å²) in [5.41, 5.74) is 2.28. The van der Waals surface area contributed by atoms with Gasteiger partial charge in [0.25, 0.3) is 0 Å². The van der Waals surface area contributed by atoms with Crippen LogP contribution in [0.4, 0.5) is 9.59 Å². The Hall–Kier alpha value is -5.12. The average molecular weight is 873 g/mol. The largest absolute Gasteiger partial charge is 0.493 e. The van der Waals surface area contributed by atoms with Gasteiger partial charge in [-0.3, -0.25) is 4.79 Å². The standard InChI is InChI=1S/C47H60N4O10S/c1-3-34-15-7-9-18-38(34)42-47(44(53)56-2,31-33-13-5-4-6-14-33)51-43(61-42)35-20-22-37(23-21-35)59-26-12-27-60-46(55)48-24-28-58-30-29-57-25-11-17-36(52)16-8-10-19-40-41-39(32-62-40)49-45(54)50-41/h4-7,9,13-15,18,20-23,39-42H,3,8,10-12,16-17,19,24-32H2,1-2H3,(H,48,55)(H2,49,50,54)/t39?,40?,41?,42-,47-/m0/s1. The molecule has 3 amide bonds. The van der Waals surface area contributed by atoms with E-state index in [-0.39, 0.29) is 30.5 Å². The molecule has 3 aliphatic rings. The number of ketones is 1. The fourth-order valence-corrected chi connectivity index (χ4v) is 9.54.